The third-order valence-corrected chi connectivity index (χ3v) is 2.51. The third kappa shape index (κ3) is 2.83. The van der Waals surface area contributed by atoms with Gasteiger partial charge in [0.1, 0.15) is 17.9 Å². The first-order valence-electron chi connectivity index (χ1n) is 5.14. The van der Waals surface area contributed by atoms with E-state index in [0.717, 1.165) is 6.07 Å². The third-order valence-electron chi connectivity index (χ3n) is 2.21. The fourth-order valence-electron chi connectivity index (χ4n) is 1.38. The molecule has 0 fully saturated rings. The molecule has 2 aromatic rings. The van der Waals surface area contributed by atoms with Gasteiger partial charge in [-0.25, -0.2) is 15.2 Å². The summed E-state index contributed by atoms with van der Waals surface area (Å²) in [6.07, 6.45) is 1.24. The average Bonchev–Trinajstić information content (AvgIpc) is 2.41. The lowest BCUT2D eigenvalue weighted by Crippen LogP contribution is -2.11. The van der Waals surface area contributed by atoms with Crippen LogP contribution in [0.2, 0.25) is 5.02 Å². The quantitative estimate of drug-likeness (QED) is 0.662. The Morgan fingerprint density at radius 3 is 2.79 bits per heavy atom. The van der Waals surface area contributed by atoms with E-state index in [-0.39, 0.29) is 28.2 Å². The molecule has 0 saturated heterocycles. The molecule has 0 saturated carbocycles. The average molecular weight is 285 g/mol. The second kappa shape index (κ2) is 5.68. The van der Waals surface area contributed by atoms with Crippen molar-refractivity contribution in [1.29, 1.82) is 0 Å². The van der Waals surface area contributed by atoms with Crippen LogP contribution in [-0.2, 0) is 0 Å². The van der Waals surface area contributed by atoms with Gasteiger partial charge >= 0.3 is 0 Å². The first kappa shape index (κ1) is 13.3. The highest BCUT2D eigenvalue weighted by Crippen LogP contribution is 2.36. The van der Waals surface area contributed by atoms with E-state index in [9.17, 15) is 4.39 Å². The maximum Gasteiger partial charge on any atom is 0.268 e. The molecule has 6 nitrogen and oxygen atoms in total. The van der Waals surface area contributed by atoms with Gasteiger partial charge in [0.05, 0.1) is 12.1 Å². The molecule has 1 aromatic carbocycles. The van der Waals surface area contributed by atoms with Crippen LogP contribution in [0.4, 0.5) is 10.2 Å². The van der Waals surface area contributed by atoms with E-state index < -0.39 is 5.82 Å². The van der Waals surface area contributed by atoms with Crippen molar-refractivity contribution in [1.82, 2.24) is 9.97 Å². The summed E-state index contributed by atoms with van der Waals surface area (Å²) < 4.78 is 23.5. The minimum atomic E-state index is -0.462. The van der Waals surface area contributed by atoms with Crippen molar-refractivity contribution in [2.24, 2.45) is 5.84 Å². The van der Waals surface area contributed by atoms with Crippen LogP contribution in [0.3, 0.4) is 0 Å². The molecule has 0 bridgehead atoms. The Morgan fingerprint density at radius 1 is 1.37 bits per heavy atom. The van der Waals surface area contributed by atoms with Crippen LogP contribution >= 0.6 is 11.6 Å². The molecule has 3 N–H and O–H groups in total. The molecule has 1 aromatic heterocycles. The highest BCUT2D eigenvalue weighted by Gasteiger charge is 2.15. The molecule has 0 aliphatic rings. The van der Waals surface area contributed by atoms with Gasteiger partial charge in [-0.3, -0.25) is 0 Å². The number of nitrogens with zero attached hydrogens (tertiary/aromatic N) is 2. The van der Waals surface area contributed by atoms with Crippen LogP contribution in [0.15, 0.2) is 24.5 Å². The molecule has 0 aliphatic heterocycles. The first-order valence-corrected chi connectivity index (χ1v) is 5.52. The Morgan fingerprint density at radius 2 is 2.16 bits per heavy atom. The van der Waals surface area contributed by atoms with E-state index in [1.165, 1.54) is 25.6 Å². The molecule has 100 valence electrons. The number of nitrogens with two attached hydrogens (primary N) is 1. The van der Waals surface area contributed by atoms with E-state index >= 15 is 0 Å². The number of hydrazine groups is 1. The lowest BCUT2D eigenvalue weighted by Gasteiger charge is -2.12. The van der Waals surface area contributed by atoms with Crippen LogP contribution in [0.1, 0.15) is 0 Å². The zero-order chi connectivity index (χ0) is 13.8. The second-order valence-corrected chi connectivity index (χ2v) is 3.79. The van der Waals surface area contributed by atoms with Crippen LogP contribution in [-0.4, -0.2) is 17.1 Å². The molecule has 0 atom stereocenters. The van der Waals surface area contributed by atoms with Crippen molar-refractivity contribution in [3.63, 3.8) is 0 Å². The van der Waals surface area contributed by atoms with Gasteiger partial charge < -0.3 is 14.9 Å². The molecule has 0 spiro atoms. The number of aromatic nitrogens is 2. The van der Waals surface area contributed by atoms with Crippen molar-refractivity contribution in [3.05, 3.63) is 35.4 Å². The second-order valence-electron chi connectivity index (χ2n) is 3.38. The first-order chi connectivity index (χ1) is 9.15. The summed E-state index contributed by atoms with van der Waals surface area (Å²) in [6, 6.07) is 3.73. The van der Waals surface area contributed by atoms with E-state index in [2.05, 4.69) is 15.4 Å². The van der Waals surface area contributed by atoms with E-state index in [0.29, 0.717) is 0 Å². The number of hydrogen-bond donors (Lipinski definition) is 2. The van der Waals surface area contributed by atoms with Gasteiger partial charge in [-0.15, -0.1) is 0 Å². The smallest absolute Gasteiger partial charge is 0.268 e. The standard InChI is InChI=1S/C11H10ClFN4O2/c1-18-9-10(17-14)15-5-16-11(9)19-8-3-2-6(13)4-7(8)12/h2-5H,14H2,1H3,(H,15,16,17). The number of halogens is 2. The molecule has 0 amide bonds. The lowest BCUT2D eigenvalue weighted by atomic mass is 10.3. The van der Waals surface area contributed by atoms with Gasteiger partial charge in [-0.2, -0.15) is 4.98 Å². The zero-order valence-corrected chi connectivity index (χ0v) is 10.6. The number of nitrogens with one attached hydrogen (secondary N) is 1. The topological polar surface area (TPSA) is 82.3 Å². The highest BCUT2D eigenvalue weighted by atomic mass is 35.5. The van der Waals surface area contributed by atoms with Gasteiger partial charge in [-0.05, 0) is 18.2 Å². The summed E-state index contributed by atoms with van der Waals surface area (Å²) in [5.41, 5.74) is 2.35. The van der Waals surface area contributed by atoms with Crippen molar-refractivity contribution in [2.45, 2.75) is 0 Å². The van der Waals surface area contributed by atoms with Crippen LogP contribution < -0.4 is 20.7 Å². The largest absolute Gasteiger partial charge is 0.489 e. The Kier molecular flexibility index (Phi) is 3.98. The number of nitrogen functional groups attached to an aromatic ring is 1. The maximum atomic E-state index is 12.9. The minimum absolute atomic E-state index is 0.110. The molecular formula is C11H10ClFN4O2. The summed E-state index contributed by atoms with van der Waals surface area (Å²) in [4.78, 5) is 7.77. The van der Waals surface area contributed by atoms with Crippen molar-refractivity contribution in [3.8, 4) is 17.4 Å². The van der Waals surface area contributed by atoms with Gasteiger partial charge in [0, 0.05) is 0 Å². The Balaban J connectivity index is 2.37. The summed E-state index contributed by atoms with van der Waals surface area (Å²) in [6.45, 7) is 0. The number of rotatable bonds is 4. The van der Waals surface area contributed by atoms with E-state index in [1.807, 2.05) is 0 Å². The van der Waals surface area contributed by atoms with Gasteiger partial charge in [-0.1, -0.05) is 11.6 Å². The SMILES string of the molecule is COc1c(NN)ncnc1Oc1ccc(F)cc1Cl. The van der Waals surface area contributed by atoms with Crippen molar-refractivity contribution in [2.75, 3.05) is 12.5 Å². The van der Waals surface area contributed by atoms with Crippen molar-refractivity contribution >= 4 is 17.4 Å². The number of methoxy groups -OCH3 is 1. The lowest BCUT2D eigenvalue weighted by molar-refractivity contribution is 0.369. The zero-order valence-electron chi connectivity index (χ0n) is 9.85. The van der Waals surface area contributed by atoms with E-state index in [4.69, 9.17) is 26.9 Å². The summed E-state index contributed by atoms with van der Waals surface area (Å²) >= 11 is 5.86. The molecular weight excluding hydrogens is 275 g/mol. The summed E-state index contributed by atoms with van der Waals surface area (Å²) in [5, 5.41) is 0.114. The number of anilines is 1. The van der Waals surface area contributed by atoms with Gasteiger partial charge in [0.25, 0.3) is 5.88 Å². The maximum absolute atomic E-state index is 12.9. The predicted octanol–water partition coefficient (Wildman–Crippen LogP) is 2.36. The molecule has 19 heavy (non-hydrogen) atoms. The van der Waals surface area contributed by atoms with Gasteiger partial charge in [0.2, 0.25) is 5.75 Å². The van der Waals surface area contributed by atoms with E-state index in [1.54, 1.807) is 0 Å². The molecule has 1 heterocycles. The Labute approximate surface area is 113 Å². The highest BCUT2D eigenvalue weighted by molar-refractivity contribution is 6.32. The fraction of sp³-hybridized carbons (Fsp3) is 0.0909. The Hall–Kier alpha value is -2.12. The van der Waals surface area contributed by atoms with Gasteiger partial charge in [0.15, 0.2) is 5.82 Å². The molecule has 0 radical (unpaired) electrons. The fourth-order valence-corrected chi connectivity index (χ4v) is 1.59. The van der Waals surface area contributed by atoms with Crippen LogP contribution in [0.25, 0.3) is 0 Å². The van der Waals surface area contributed by atoms with Crippen LogP contribution in [0, 0.1) is 5.82 Å². The monoisotopic (exact) mass is 284 g/mol. The molecule has 8 heteroatoms. The molecule has 0 unspecified atom stereocenters. The number of ether oxygens (including phenoxy) is 2. The summed E-state index contributed by atoms with van der Waals surface area (Å²) in [5.74, 6) is 5.64. The van der Waals surface area contributed by atoms with Crippen LogP contribution in [0.5, 0.6) is 17.4 Å². The minimum Gasteiger partial charge on any atom is -0.489 e. The summed E-state index contributed by atoms with van der Waals surface area (Å²) in [7, 11) is 1.42. The molecule has 0 aliphatic carbocycles. The van der Waals surface area contributed by atoms with Crippen molar-refractivity contribution < 1.29 is 13.9 Å². The normalized spacial score (nSPS) is 10.1. The molecule has 2 rings (SSSR count). The number of hydrogen-bond acceptors (Lipinski definition) is 6. The Bertz CT molecular complexity index is 597. The number of benzene rings is 1. The predicted molar refractivity (Wildman–Crippen MR) is 67.9 cm³/mol.